The van der Waals surface area contributed by atoms with Crippen LogP contribution >= 0.6 is 11.6 Å². The predicted octanol–water partition coefficient (Wildman–Crippen LogP) is 1.74. The van der Waals surface area contributed by atoms with Crippen molar-refractivity contribution in [3.05, 3.63) is 28.5 Å². The molecule has 0 aromatic carbocycles. The average Bonchev–Trinajstić information content (AvgIpc) is 2.11. The molecule has 0 aliphatic heterocycles. The third kappa shape index (κ3) is 3.06. The van der Waals surface area contributed by atoms with Gasteiger partial charge in [0, 0.05) is 19.2 Å². The number of hydrogen-bond acceptors (Lipinski definition) is 2. The molecule has 1 heterocycles. The molecule has 0 spiro atoms. The maximum absolute atomic E-state index is 5.83. The summed E-state index contributed by atoms with van der Waals surface area (Å²) < 4.78 is 0. The fourth-order valence-corrected chi connectivity index (χ4v) is 1.02. The number of aryl methyl sites for hydroxylation is 1. The Morgan fingerprint density at radius 1 is 1.62 bits per heavy atom. The van der Waals surface area contributed by atoms with Gasteiger partial charge in [-0.25, -0.2) is 4.98 Å². The highest BCUT2D eigenvalue weighted by Gasteiger charge is 1.96. The molecule has 0 bridgehead atoms. The molecule has 0 aliphatic carbocycles. The van der Waals surface area contributed by atoms with Crippen LogP contribution in [-0.4, -0.2) is 11.5 Å². The fraction of sp³-hybridized carbons (Fsp3) is 0.300. The van der Waals surface area contributed by atoms with Gasteiger partial charge in [-0.15, -0.1) is 0 Å². The van der Waals surface area contributed by atoms with E-state index in [-0.39, 0.29) is 0 Å². The number of aromatic nitrogens is 1. The smallest absolute Gasteiger partial charge is 0.144 e. The number of nitrogens with zero attached hydrogens (tertiary/aromatic N) is 1. The summed E-state index contributed by atoms with van der Waals surface area (Å²) in [6, 6.07) is 1.92. The summed E-state index contributed by atoms with van der Waals surface area (Å²) in [6.07, 6.45) is 2.40. The second kappa shape index (κ2) is 4.86. The zero-order valence-electron chi connectivity index (χ0n) is 7.47. The molecule has 0 atom stereocenters. The summed E-state index contributed by atoms with van der Waals surface area (Å²) >= 11 is 5.83. The minimum Gasteiger partial charge on any atom is -0.330 e. The summed E-state index contributed by atoms with van der Waals surface area (Å²) in [5.41, 5.74) is 7.14. The van der Waals surface area contributed by atoms with Gasteiger partial charge in [0.1, 0.15) is 5.15 Å². The van der Waals surface area contributed by atoms with Crippen LogP contribution in [0.3, 0.4) is 0 Å². The first-order valence-corrected chi connectivity index (χ1v) is 4.43. The molecule has 0 aliphatic rings. The third-order valence-corrected chi connectivity index (χ3v) is 1.77. The number of halogens is 1. The monoisotopic (exact) mass is 194 g/mol. The Morgan fingerprint density at radius 2 is 2.38 bits per heavy atom. The van der Waals surface area contributed by atoms with Gasteiger partial charge in [0.2, 0.25) is 0 Å². The average molecular weight is 195 g/mol. The first-order chi connectivity index (χ1) is 6.24. The largest absolute Gasteiger partial charge is 0.330 e. The molecule has 0 saturated carbocycles. The van der Waals surface area contributed by atoms with E-state index in [4.69, 9.17) is 17.3 Å². The quantitative estimate of drug-likeness (QED) is 0.547. The molecule has 1 aromatic heterocycles. The minimum atomic E-state index is 0.454. The summed E-state index contributed by atoms with van der Waals surface area (Å²) in [6.45, 7) is 2.53. The van der Waals surface area contributed by atoms with E-state index in [1.54, 1.807) is 6.20 Å². The first-order valence-electron chi connectivity index (χ1n) is 4.05. The zero-order chi connectivity index (χ0) is 9.68. The molecule has 3 heteroatoms. The van der Waals surface area contributed by atoms with Gasteiger partial charge in [-0.1, -0.05) is 23.4 Å². The van der Waals surface area contributed by atoms with Crippen molar-refractivity contribution in [2.45, 2.75) is 13.3 Å². The van der Waals surface area contributed by atoms with Crippen LogP contribution in [0.5, 0.6) is 0 Å². The Labute approximate surface area is 83.1 Å². The van der Waals surface area contributed by atoms with Gasteiger partial charge < -0.3 is 5.73 Å². The second-order valence-electron chi connectivity index (χ2n) is 2.69. The number of rotatable bonds is 1. The topological polar surface area (TPSA) is 38.9 Å². The molecule has 1 aromatic rings. The van der Waals surface area contributed by atoms with Crippen LogP contribution in [-0.2, 0) is 0 Å². The van der Waals surface area contributed by atoms with Gasteiger partial charge in [0.05, 0.1) is 5.56 Å². The van der Waals surface area contributed by atoms with Crippen molar-refractivity contribution < 1.29 is 0 Å². The van der Waals surface area contributed by atoms with E-state index in [2.05, 4.69) is 16.8 Å². The molecule has 0 unspecified atom stereocenters. The minimum absolute atomic E-state index is 0.454. The SMILES string of the molecule is Cc1cnc(Cl)c(C#CCCN)c1. The highest BCUT2D eigenvalue weighted by atomic mass is 35.5. The standard InChI is InChI=1S/C10H11ClN2/c1-8-6-9(4-2-3-5-12)10(11)13-7-8/h6-7H,3,5,12H2,1H3. The Bertz CT molecular complexity index is 350. The van der Waals surface area contributed by atoms with E-state index in [0.29, 0.717) is 18.1 Å². The van der Waals surface area contributed by atoms with Crippen LogP contribution in [0.1, 0.15) is 17.5 Å². The van der Waals surface area contributed by atoms with E-state index in [1.807, 2.05) is 13.0 Å². The van der Waals surface area contributed by atoms with Crippen LogP contribution in [0.2, 0.25) is 5.15 Å². The normalized spacial score (nSPS) is 9.15. The van der Waals surface area contributed by atoms with Crippen molar-refractivity contribution in [1.82, 2.24) is 4.98 Å². The number of hydrogen-bond donors (Lipinski definition) is 1. The molecular formula is C10H11ClN2. The molecule has 2 nitrogen and oxygen atoms in total. The summed E-state index contributed by atoms with van der Waals surface area (Å²) in [4.78, 5) is 3.99. The van der Waals surface area contributed by atoms with Crippen LogP contribution in [0, 0.1) is 18.8 Å². The van der Waals surface area contributed by atoms with E-state index in [0.717, 1.165) is 11.1 Å². The lowest BCUT2D eigenvalue weighted by molar-refractivity contribution is 1.03. The number of nitrogens with two attached hydrogens (primary N) is 1. The summed E-state index contributed by atoms with van der Waals surface area (Å²) in [5, 5.41) is 0.454. The van der Waals surface area contributed by atoms with Crippen LogP contribution in [0.15, 0.2) is 12.3 Å². The van der Waals surface area contributed by atoms with Gasteiger partial charge in [-0.3, -0.25) is 0 Å². The van der Waals surface area contributed by atoms with Crippen molar-refractivity contribution >= 4 is 11.6 Å². The van der Waals surface area contributed by atoms with Gasteiger partial charge in [-0.2, -0.15) is 0 Å². The lowest BCUT2D eigenvalue weighted by atomic mass is 10.2. The summed E-state index contributed by atoms with van der Waals surface area (Å²) in [5.74, 6) is 5.85. The molecule has 0 radical (unpaired) electrons. The highest BCUT2D eigenvalue weighted by molar-refractivity contribution is 6.30. The van der Waals surface area contributed by atoms with E-state index >= 15 is 0 Å². The Morgan fingerprint density at radius 3 is 3.08 bits per heavy atom. The molecule has 0 saturated heterocycles. The number of pyridine rings is 1. The summed E-state index contributed by atoms with van der Waals surface area (Å²) in [7, 11) is 0. The second-order valence-corrected chi connectivity index (χ2v) is 3.05. The van der Waals surface area contributed by atoms with Gasteiger partial charge >= 0.3 is 0 Å². The molecule has 1 rings (SSSR count). The lowest BCUT2D eigenvalue weighted by Gasteiger charge is -1.95. The van der Waals surface area contributed by atoms with E-state index in [1.165, 1.54) is 0 Å². The van der Waals surface area contributed by atoms with Crippen molar-refractivity contribution in [2.24, 2.45) is 5.73 Å². The Hall–Kier alpha value is -1.04. The Balaban J connectivity index is 2.89. The van der Waals surface area contributed by atoms with Gasteiger partial charge in [0.15, 0.2) is 0 Å². The fourth-order valence-electron chi connectivity index (χ4n) is 0.870. The maximum atomic E-state index is 5.83. The molecule has 0 fully saturated rings. The van der Waals surface area contributed by atoms with Gasteiger partial charge in [0.25, 0.3) is 0 Å². The van der Waals surface area contributed by atoms with Crippen molar-refractivity contribution in [3.8, 4) is 11.8 Å². The molecule has 13 heavy (non-hydrogen) atoms. The molecule has 0 amide bonds. The van der Waals surface area contributed by atoms with E-state index in [9.17, 15) is 0 Å². The molecule has 68 valence electrons. The molecule has 2 N–H and O–H groups in total. The van der Waals surface area contributed by atoms with Crippen molar-refractivity contribution in [3.63, 3.8) is 0 Å². The molecular weight excluding hydrogens is 184 g/mol. The van der Waals surface area contributed by atoms with Crippen molar-refractivity contribution in [1.29, 1.82) is 0 Å². The third-order valence-electron chi connectivity index (χ3n) is 1.47. The van der Waals surface area contributed by atoms with Crippen LogP contribution in [0.25, 0.3) is 0 Å². The first kappa shape index (κ1) is 10.0. The predicted molar refractivity (Wildman–Crippen MR) is 54.5 cm³/mol. The maximum Gasteiger partial charge on any atom is 0.144 e. The van der Waals surface area contributed by atoms with Crippen LogP contribution < -0.4 is 5.73 Å². The highest BCUT2D eigenvalue weighted by Crippen LogP contribution is 2.12. The van der Waals surface area contributed by atoms with Gasteiger partial charge in [-0.05, 0) is 18.6 Å². The lowest BCUT2D eigenvalue weighted by Crippen LogP contribution is -1.95. The van der Waals surface area contributed by atoms with E-state index < -0.39 is 0 Å². The zero-order valence-corrected chi connectivity index (χ0v) is 8.23. The Kier molecular flexibility index (Phi) is 3.75. The van der Waals surface area contributed by atoms with Crippen molar-refractivity contribution in [2.75, 3.05) is 6.54 Å². The van der Waals surface area contributed by atoms with Crippen LogP contribution in [0.4, 0.5) is 0 Å².